The van der Waals surface area contributed by atoms with E-state index in [9.17, 15) is 9.90 Å². The highest BCUT2D eigenvalue weighted by Gasteiger charge is 2.10. The molecule has 0 heterocycles. The third-order valence-electron chi connectivity index (χ3n) is 2.74. The first-order valence-electron chi connectivity index (χ1n) is 6.42. The van der Waals surface area contributed by atoms with E-state index in [1.165, 1.54) is 0 Å². The minimum Gasteiger partial charge on any atom is -0.394 e. The summed E-state index contributed by atoms with van der Waals surface area (Å²) in [5.74, 6) is -0.0783. The Bertz CT molecular complexity index is 357. The lowest BCUT2D eigenvalue weighted by atomic mass is 10.1. The molecular formula is C14H22N2O3. The van der Waals surface area contributed by atoms with Crippen LogP contribution in [0.3, 0.4) is 0 Å². The van der Waals surface area contributed by atoms with Gasteiger partial charge >= 0.3 is 0 Å². The second-order valence-electron chi connectivity index (χ2n) is 4.22. The van der Waals surface area contributed by atoms with Crippen molar-refractivity contribution < 1.29 is 14.6 Å². The van der Waals surface area contributed by atoms with Crippen molar-refractivity contribution in [1.82, 2.24) is 10.6 Å². The maximum atomic E-state index is 11.6. The third-order valence-corrected chi connectivity index (χ3v) is 2.74. The van der Waals surface area contributed by atoms with E-state index >= 15 is 0 Å². The van der Waals surface area contributed by atoms with Gasteiger partial charge in [-0.15, -0.1) is 0 Å². The van der Waals surface area contributed by atoms with Crippen molar-refractivity contribution in [3.63, 3.8) is 0 Å². The van der Waals surface area contributed by atoms with Crippen molar-refractivity contribution in [3.05, 3.63) is 35.9 Å². The van der Waals surface area contributed by atoms with Crippen LogP contribution in [0.1, 0.15) is 18.0 Å². The molecule has 0 radical (unpaired) electrons. The number of hydrogen-bond acceptors (Lipinski definition) is 4. The Hall–Kier alpha value is -1.43. The largest absolute Gasteiger partial charge is 0.394 e. The standard InChI is InChI=1S/C14H22N2O3/c1-19-9-5-8-15-14(18)10-16-13(11-17)12-6-3-2-4-7-12/h2-4,6-7,13,16-17H,5,8-11H2,1H3,(H,15,18). The lowest BCUT2D eigenvalue weighted by Gasteiger charge is -2.16. The summed E-state index contributed by atoms with van der Waals surface area (Å²) in [6, 6.07) is 9.36. The van der Waals surface area contributed by atoms with Crippen LogP contribution in [0.15, 0.2) is 30.3 Å². The fraction of sp³-hybridized carbons (Fsp3) is 0.500. The lowest BCUT2D eigenvalue weighted by Crippen LogP contribution is -2.37. The van der Waals surface area contributed by atoms with E-state index in [0.29, 0.717) is 13.2 Å². The number of amides is 1. The molecule has 0 aliphatic rings. The summed E-state index contributed by atoms with van der Waals surface area (Å²) < 4.78 is 4.90. The van der Waals surface area contributed by atoms with Gasteiger partial charge in [-0.3, -0.25) is 10.1 Å². The number of carbonyl (C=O) groups is 1. The first-order chi connectivity index (χ1) is 9.27. The van der Waals surface area contributed by atoms with Crippen LogP contribution in [0.2, 0.25) is 0 Å². The van der Waals surface area contributed by atoms with Crippen molar-refractivity contribution in [3.8, 4) is 0 Å². The van der Waals surface area contributed by atoms with Crippen LogP contribution in [0.4, 0.5) is 0 Å². The second kappa shape index (κ2) is 9.49. The predicted molar refractivity (Wildman–Crippen MR) is 73.8 cm³/mol. The van der Waals surface area contributed by atoms with Crippen molar-refractivity contribution in [1.29, 1.82) is 0 Å². The van der Waals surface area contributed by atoms with Crippen LogP contribution >= 0.6 is 0 Å². The normalized spacial score (nSPS) is 12.1. The number of aliphatic hydroxyl groups is 1. The van der Waals surface area contributed by atoms with Crippen LogP contribution in [-0.4, -0.2) is 44.4 Å². The summed E-state index contributed by atoms with van der Waals surface area (Å²) >= 11 is 0. The summed E-state index contributed by atoms with van der Waals surface area (Å²) in [4.78, 5) is 11.6. The zero-order chi connectivity index (χ0) is 13.9. The van der Waals surface area contributed by atoms with Gasteiger partial charge in [-0.1, -0.05) is 30.3 Å². The molecule has 1 amide bonds. The number of carbonyl (C=O) groups excluding carboxylic acids is 1. The van der Waals surface area contributed by atoms with Gasteiger partial charge in [-0.25, -0.2) is 0 Å². The summed E-state index contributed by atoms with van der Waals surface area (Å²) in [6.45, 7) is 1.38. The molecule has 0 bridgehead atoms. The van der Waals surface area contributed by atoms with E-state index in [4.69, 9.17) is 4.74 Å². The smallest absolute Gasteiger partial charge is 0.233 e. The first kappa shape index (κ1) is 15.6. The van der Waals surface area contributed by atoms with E-state index in [1.54, 1.807) is 7.11 Å². The Kier molecular flexibility index (Phi) is 7.81. The Labute approximate surface area is 114 Å². The highest BCUT2D eigenvalue weighted by Crippen LogP contribution is 2.10. The average molecular weight is 266 g/mol. The number of hydrogen-bond donors (Lipinski definition) is 3. The Morgan fingerprint density at radius 2 is 2.11 bits per heavy atom. The first-order valence-corrected chi connectivity index (χ1v) is 6.42. The fourth-order valence-corrected chi connectivity index (χ4v) is 1.70. The van der Waals surface area contributed by atoms with Crippen molar-refractivity contribution in [2.75, 3.05) is 33.4 Å². The number of nitrogens with one attached hydrogen (secondary N) is 2. The minimum absolute atomic E-state index is 0.0407. The topological polar surface area (TPSA) is 70.6 Å². The molecule has 106 valence electrons. The summed E-state index contributed by atoms with van der Waals surface area (Å²) in [5, 5.41) is 15.1. The molecular weight excluding hydrogens is 244 g/mol. The SMILES string of the molecule is COCCCNC(=O)CNC(CO)c1ccccc1. The summed E-state index contributed by atoms with van der Waals surface area (Å²) in [5.41, 5.74) is 0.970. The molecule has 1 aromatic carbocycles. The van der Waals surface area contributed by atoms with Gasteiger partial charge in [0, 0.05) is 20.3 Å². The molecule has 0 fully saturated rings. The fourth-order valence-electron chi connectivity index (χ4n) is 1.70. The third kappa shape index (κ3) is 6.33. The molecule has 1 unspecified atom stereocenters. The van der Waals surface area contributed by atoms with Gasteiger partial charge in [0.05, 0.1) is 19.2 Å². The van der Waals surface area contributed by atoms with Gasteiger partial charge in [0.2, 0.25) is 5.91 Å². The van der Waals surface area contributed by atoms with Crippen LogP contribution in [0.25, 0.3) is 0 Å². The van der Waals surface area contributed by atoms with E-state index in [0.717, 1.165) is 12.0 Å². The maximum Gasteiger partial charge on any atom is 0.233 e. The minimum atomic E-state index is -0.217. The number of benzene rings is 1. The summed E-state index contributed by atoms with van der Waals surface area (Å²) in [6.07, 6.45) is 0.796. The molecule has 1 rings (SSSR count). The van der Waals surface area contributed by atoms with Crippen molar-refractivity contribution in [2.24, 2.45) is 0 Å². The Morgan fingerprint density at radius 1 is 1.37 bits per heavy atom. The van der Waals surface area contributed by atoms with Gasteiger partial charge in [0.25, 0.3) is 0 Å². The van der Waals surface area contributed by atoms with E-state index in [-0.39, 0.29) is 25.1 Å². The Morgan fingerprint density at radius 3 is 2.74 bits per heavy atom. The van der Waals surface area contributed by atoms with Gasteiger partial charge in [0.15, 0.2) is 0 Å². The van der Waals surface area contributed by atoms with Crippen LogP contribution in [0.5, 0.6) is 0 Å². The molecule has 0 aliphatic carbocycles. The zero-order valence-electron chi connectivity index (χ0n) is 11.3. The molecule has 19 heavy (non-hydrogen) atoms. The quantitative estimate of drug-likeness (QED) is 0.568. The highest BCUT2D eigenvalue weighted by molar-refractivity contribution is 5.78. The number of rotatable bonds is 9. The predicted octanol–water partition coefficient (Wildman–Crippen LogP) is 0.462. The number of ether oxygens (including phenoxy) is 1. The lowest BCUT2D eigenvalue weighted by molar-refractivity contribution is -0.120. The molecule has 1 aromatic rings. The van der Waals surface area contributed by atoms with Gasteiger partial charge in [-0.2, -0.15) is 0 Å². The average Bonchev–Trinajstić information content (AvgIpc) is 2.45. The van der Waals surface area contributed by atoms with Crippen LogP contribution < -0.4 is 10.6 Å². The molecule has 1 atom stereocenters. The van der Waals surface area contributed by atoms with Gasteiger partial charge in [0.1, 0.15) is 0 Å². The second-order valence-corrected chi connectivity index (χ2v) is 4.22. The molecule has 5 heteroatoms. The van der Waals surface area contributed by atoms with Crippen molar-refractivity contribution >= 4 is 5.91 Å². The molecule has 0 spiro atoms. The highest BCUT2D eigenvalue weighted by atomic mass is 16.5. The van der Waals surface area contributed by atoms with Gasteiger partial charge < -0.3 is 15.2 Å². The Balaban J connectivity index is 2.28. The monoisotopic (exact) mass is 266 g/mol. The maximum absolute atomic E-state index is 11.6. The zero-order valence-corrected chi connectivity index (χ0v) is 11.3. The molecule has 5 nitrogen and oxygen atoms in total. The van der Waals surface area contributed by atoms with Gasteiger partial charge in [-0.05, 0) is 12.0 Å². The molecule has 3 N–H and O–H groups in total. The van der Waals surface area contributed by atoms with Crippen LogP contribution in [-0.2, 0) is 9.53 Å². The number of methoxy groups -OCH3 is 1. The molecule has 0 aromatic heterocycles. The van der Waals surface area contributed by atoms with E-state index in [1.807, 2.05) is 30.3 Å². The molecule has 0 saturated heterocycles. The summed E-state index contributed by atoms with van der Waals surface area (Å²) in [7, 11) is 1.63. The van der Waals surface area contributed by atoms with Crippen LogP contribution in [0, 0.1) is 0 Å². The van der Waals surface area contributed by atoms with Crippen molar-refractivity contribution in [2.45, 2.75) is 12.5 Å². The number of aliphatic hydroxyl groups excluding tert-OH is 1. The molecule has 0 saturated carbocycles. The molecule has 0 aliphatic heterocycles. The van der Waals surface area contributed by atoms with E-state index in [2.05, 4.69) is 10.6 Å². The van der Waals surface area contributed by atoms with E-state index < -0.39 is 0 Å².